The molecule has 0 saturated heterocycles. The van der Waals surface area contributed by atoms with Gasteiger partial charge in [-0.3, -0.25) is 0 Å². The van der Waals surface area contributed by atoms with E-state index in [9.17, 15) is 19.8 Å². The van der Waals surface area contributed by atoms with Crippen molar-refractivity contribution in [2.45, 2.75) is 78.6 Å². The summed E-state index contributed by atoms with van der Waals surface area (Å²) in [6.07, 6.45) is 7.52. The van der Waals surface area contributed by atoms with Crippen molar-refractivity contribution in [3.63, 3.8) is 0 Å². The van der Waals surface area contributed by atoms with Crippen molar-refractivity contribution in [1.29, 1.82) is 0 Å². The van der Waals surface area contributed by atoms with Gasteiger partial charge in [-0.1, -0.05) is 59.3 Å². The van der Waals surface area contributed by atoms with Crippen LogP contribution in [0.1, 0.15) is 78.6 Å². The van der Waals surface area contributed by atoms with E-state index in [2.05, 4.69) is 13.8 Å². The van der Waals surface area contributed by atoms with Gasteiger partial charge in [0.2, 0.25) is 0 Å². The minimum absolute atomic E-state index is 0.157. The third kappa shape index (κ3) is 13.7. The van der Waals surface area contributed by atoms with Crippen LogP contribution in [0.2, 0.25) is 0 Å². The quantitative estimate of drug-likeness (QED) is 0.520. The summed E-state index contributed by atoms with van der Waals surface area (Å²) in [6.45, 7) is 6.28. The lowest BCUT2D eigenvalue weighted by atomic mass is 9.91. The zero-order valence-corrected chi connectivity index (χ0v) is 13.7. The molecule has 4 heteroatoms. The molecule has 0 aromatic rings. The normalized spacial score (nSPS) is 15.4. The molecule has 0 heterocycles. The lowest BCUT2D eigenvalue weighted by molar-refractivity contribution is -0.307. The number of carboxylic acids is 2. The third-order valence-corrected chi connectivity index (χ3v) is 4.14. The molecule has 0 saturated carbocycles. The predicted octanol–water partition coefficient (Wildman–Crippen LogP) is 1.91. The minimum atomic E-state index is -0.958. The molecule has 0 aliphatic rings. The average molecular weight is 298 g/mol. The monoisotopic (exact) mass is 298 g/mol. The summed E-state index contributed by atoms with van der Waals surface area (Å²) >= 11 is 0. The Kier molecular flexibility index (Phi) is 11.0. The summed E-state index contributed by atoms with van der Waals surface area (Å²) in [7, 11) is 0. The van der Waals surface area contributed by atoms with Crippen LogP contribution in [0.15, 0.2) is 0 Å². The summed E-state index contributed by atoms with van der Waals surface area (Å²) < 4.78 is 0. The van der Waals surface area contributed by atoms with Gasteiger partial charge in [0.1, 0.15) is 0 Å². The van der Waals surface area contributed by atoms with Gasteiger partial charge in [0.05, 0.1) is 0 Å². The van der Waals surface area contributed by atoms with E-state index in [1.54, 1.807) is 0 Å². The molecular weight excluding hydrogens is 268 g/mol. The van der Waals surface area contributed by atoms with Crippen molar-refractivity contribution in [1.82, 2.24) is 0 Å². The van der Waals surface area contributed by atoms with E-state index in [4.69, 9.17) is 0 Å². The summed E-state index contributed by atoms with van der Waals surface area (Å²) in [4.78, 5) is 20.8. The molecular formula is C17H30O4-2. The summed E-state index contributed by atoms with van der Waals surface area (Å²) in [5, 5.41) is 20.8. The van der Waals surface area contributed by atoms with Crippen molar-refractivity contribution in [2.24, 2.45) is 17.8 Å². The maximum absolute atomic E-state index is 10.5. The van der Waals surface area contributed by atoms with Crippen LogP contribution in [0.4, 0.5) is 0 Å². The smallest absolute Gasteiger partial charge is 0.0416 e. The van der Waals surface area contributed by atoms with Crippen molar-refractivity contribution in [3.8, 4) is 0 Å². The van der Waals surface area contributed by atoms with E-state index < -0.39 is 11.9 Å². The van der Waals surface area contributed by atoms with Gasteiger partial charge in [0.25, 0.3) is 0 Å². The topological polar surface area (TPSA) is 80.3 Å². The molecule has 0 aliphatic carbocycles. The number of carbonyl (C=O) groups is 2. The second-order valence-electron chi connectivity index (χ2n) is 6.66. The zero-order chi connectivity index (χ0) is 16.3. The second-order valence-corrected chi connectivity index (χ2v) is 6.66. The van der Waals surface area contributed by atoms with E-state index in [1.807, 2.05) is 6.92 Å². The maximum atomic E-state index is 10.5. The van der Waals surface area contributed by atoms with E-state index in [1.165, 1.54) is 0 Å². The minimum Gasteiger partial charge on any atom is -0.550 e. The lowest BCUT2D eigenvalue weighted by Crippen LogP contribution is -2.24. The number of aliphatic carboxylic acids is 2. The Bertz CT molecular complexity index is 301. The highest BCUT2D eigenvalue weighted by molar-refractivity contribution is 5.64. The Morgan fingerprint density at radius 3 is 1.57 bits per heavy atom. The van der Waals surface area contributed by atoms with E-state index in [0.717, 1.165) is 38.5 Å². The first kappa shape index (κ1) is 19.9. The Hall–Kier alpha value is -1.06. The van der Waals surface area contributed by atoms with Gasteiger partial charge < -0.3 is 19.8 Å². The lowest BCUT2D eigenvalue weighted by Gasteiger charge is -2.16. The molecule has 0 radical (unpaired) electrons. The maximum Gasteiger partial charge on any atom is 0.0416 e. The summed E-state index contributed by atoms with van der Waals surface area (Å²) in [5.41, 5.74) is 0. The molecule has 3 unspecified atom stereocenters. The molecule has 0 N–H and O–H groups in total. The first-order valence-corrected chi connectivity index (χ1v) is 8.21. The Labute approximate surface area is 128 Å². The molecule has 21 heavy (non-hydrogen) atoms. The van der Waals surface area contributed by atoms with Gasteiger partial charge in [-0.15, -0.1) is 0 Å². The van der Waals surface area contributed by atoms with Crippen molar-refractivity contribution in [3.05, 3.63) is 0 Å². The van der Waals surface area contributed by atoms with Gasteiger partial charge in [0.15, 0.2) is 0 Å². The molecule has 0 aromatic carbocycles. The largest absolute Gasteiger partial charge is 0.550 e. The molecule has 124 valence electrons. The van der Waals surface area contributed by atoms with Crippen molar-refractivity contribution < 1.29 is 19.8 Å². The first-order valence-electron chi connectivity index (χ1n) is 8.21. The highest BCUT2D eigenvalue weighted by Crippen LogP contribution is 2.21. The Balaban J connectivity index is 3.55. The number of hydrogen-bond donors (Lipinski definition) is 0. The molecule has 0 bridgehead atoms. The highest BCUT2D eigenvalue weighted by atomic mass is 16.4. The summed E-state index contributed by atoms with van der Waals surface area (Å²) in [5.74, 6) is -0.625. The van der Waals surface area contributed by atoms with Gasteiger partial charge >= 0.3 is 0 Å². The molecule has 0 aromatic heterocycles. The number of carboxylic acid groups (broad SMARTS) is 2. The van der Waals surface area contributed by atoms with Crippen LogP contribution < -0.4 is 10.2 Å². The van der Waals surface area contributed by atoms with E-state index >= 15 is 0 Å². The molecule has 0 fully saturated rings. The van der Waals surface area contributed by atoms with E-state index in [-0.39, 0.29) is 18.8 Å². The van der Waals surface area contributed by atoms with E-state index in [0.29, 0.717) is 18.3 Å². The highest BCUT2D eigenvalue weighted by Gasteiger charge is 2.08. The van der Waals surface area contributed by atoms with Crippen LogP contribution in [-0.2, 0) is 9.59 Å². The molecule has 0 aliphatic heterocycles. The predicted molar refractivity (Wildman–Crippen MR) is 79.1 cm³/mol. The number of rotatable bonds is 13. The standard InChI is InChI=1S/C17H32O4/c1-13(7-5-9-15(3)12-17(20)21)6-4-8-14(2)10-11-16(18)19/h13-15H,4-12H2,1-3H3,(H,18,19)(H,20,21)/p-2. The van der Waals surface area contributed by atoms with Crippen LogP contribution in [-0.4, -0.2) is 11.9 Å². The van der Waals surface area contributed by atoms with Crippen LogP contribution in [0.25, 0.3) is 0 Å². The first-order chi connectivity index (χ1) is 9.81. The zero-order valence-electron chi connectivity index (χ0n) is 13.7. The van der Waals surface area contributed by atoms with Crippen LogP contribution in [0.3, 0.4) is 0 Å². The summed E-state index contributed by atoms with van der Waals surface area (Å²) in [6, 6.07) is 0. The molecule has 0 spiro atoms. The SMILES string of the molecule is CC(CCCC(C)CCC(=O)[O-])CCCC(C)CC(=O)[O-]. The molecule has 0 rings (SSSR count). The Morgan fingerprint density at radius 1 is 0.714 bits per heavy atom. The fraction of sp³-hybridized carbons (Fsp3) is 0.882. The van der Waals surface area contributed by atoms with Crippen molar-refractivity contribution in [2.75, 3.05) is 0 Å². The number of hydrogen-bond acceptors (Lipinski definition) is 4. The fourth-order valence-corrected chi connectivity index (χ4v) is 2.67. The van der Waals surface area contributed by atoms with Crippen LogP contribution >= 0.6 is 0 Å². The molecule has 0 amide bonds. The third-order valence-electron chi connectivity index (χ3n) is 4.14. The van der Waals surface area contributed by atoms with Gasteiger partial charge in [0, 0.05) is 11.9 Å². The second kappa shape index (κ2) is 11.6. The van der Waals surface area contributed by atoms with Gasteiger partial charge in [-0.05, 0) is 37.0 Å². The van der Waals surface area contributed by atoms with Crippen molar-refractivity contribution >= 4 is 11.9 Å². The average Bonchev–Trinajstić information content (AvgIpc) is 2.35. The molecule has 3 atom stereocenters. The fourth-order valence-electron chi connectivity index (χ4n) is 2.67. The van der Waals surface area contributed by atoms with Crippen LogP contribution in [0, 0.1) is 17.8 Å². The molecule has 4 nitrogen and oxygen atoms in total. The van der Waals surface area contributed by atoms with Gasteiger partial charge in [-0.25, -0.2) is 0 Å². The Morgan fingerprint density at radius 2 is 1.14 bits per heavy atom. The van der Waals surface area contributed by atoms with Gasteiger partial charge in [-0.2, -0.15) is 0 Å². The number of carbonyl (C=O) groups excluding carboxylic acids is 2. The van der Waals surface area contributed by atoms with Crippen LogP contribution in [0.5, 0.6) is 0 Å².